The van der Waals surface area contributed by atoms with Crippen LogP contribution in [0, 0.1) is 0 Å². The normalized spacial score (nSPS) is 11.2. The third-order valence-corrected chi connectivity index (χ3v) is 1.94. The molecule has 54 valence electrons. The molecule has 0 aliphatic heterocycles. The lowest BCUT2D eigenvalue weighted by atomic mass is 10.3. The van der Waals surface area contributed by atoms with Gasteiger partial charge in [-0.15, -0.1) is 11.8 Å². The molecule has 0 aliphatic rings. The van der Waals surface area contributed by atoms with Gasteiger partial charge >= 0.3 is 0 Å². The Morgan fingerprint density at radius 1 is 1.22 bits per heavy atom. The molecule has 0 unspecified atom stereocenters. The fourth-order valence-corrected chi connectivity index (χ4v) is 0.884. The van der Waals surface area contributed by atoms with Crippen molar-refractivity contribution in [3.8, 4) is 0 Å². The van der Waals surface area contributed by atoms with E-state index in [1.54, 1.807) is 0 Å². The molecule has 0 bridgehead atoms. The van der Waals surface area contributed by atoms with Crippen molar-refractivity contribution in [1.82, 2.24) is 0 Å². The van der Waals surface area contributed by atoms with Gasteiger partial charge < -0.3 is 0 Å². The third kappa shape index (κ3) is 8.09. The van der Waals surface area contributed by atoms with Crippen molar-refractivity contribution < 1.29 is 0 Å². The van der Waals surface area contributed by atoms with Crippen molar-refractivity contribution in [2.75, 3.05) is 0 Å². The van der Waals surface area contributed by atoms with E-state index < -0.39 is 0 Å². The molecular weight excluding hydrogens is 128 g/mol. The molecule has 0 spiro atoms. The Labute approximate surface area is 62.7 Å². The summed E-state index contributed by atoms with van der Waals surface area (Å²) in [6.45, 7) is 10.9. The van der Waals surface area contributed by atoms with Crippen molar-refractivity contribution in [3.05, 3.63) is 11.0 Å². The lowest BCUT2D eigenvalue weighted by molar-refractivity contribution is 0.807. The highest BCUT2D eigenvalue weighted by molar-refractivity contribution is 8.03. The summed E-state index contributed by atoms with van der Waals surface area (Å²) in [6, 6.07) is 0. The van der Waals surface area contributed by atoms with Gasteiger partial charge in [0.25, 0.3) is 0 Å². The molecule has 0 aromatic heterocycles. The average molecular weight is 144 g/mol. The van der Waals surface area contributed by atoms with E-state index in [0.717, 1.165) is 0 Å². The SMILES string of the molecule is CC(C)=CSC(C)(C)C. The second kappa shape index (κ2) is 3.31. The van der Waals surface area contributed by atoms with Gasteiger partial charge in [-0.3, -0.25) is 0 Å². The molecule has 0 saturated carbocycles. The van der Waals surface area contributed by atoms with Crippen LogP contribution in [0.3, 0.4) is 0 Å². The monoisotopic (exact) mass is 144 g/mol. The molecule has 0 amide bonds. The maximum Gasteiger partial charge on any atom is 0.0116 e. The van der Waals surface area contributed by atoms with Gasteiger partial charge in [0.15, 0.2) is 0 Å². The van der Waals surface area contributed by atoms with Crippen molar-refractivity contribution >= 4 is 11.8 Å². The molecule has 0 aromatic carbocycles. The molecule has 0 heterocycles. The Morgan fingerprint density at radius 3 is 1.78 bits per heavy atom. The first kappa shape index (κ1) is 9.09. The molecule has 0 rings (SSSR count). The molecular formula is C8H16S. The van der Waals surface area contributed by atoms with Crippen LogP contribution in [0.15, 0.2) is 11.0 Å². The summed E-state index contributed by atoms with van der Waals surface area (Å²) in [7, 11) is 0. The van der Waals surface area contributed by atoms with E-state index >= 15 is 0 Å². The largest absolute Gasteiger partial charge is 0.128 e. The van der Waals surface area contributed by atoms with E-state index in [2.05, 4.69) is 40.0 Å². The van der Waals surface area contributed by atoms with Crippen molar-refractivity contribution in [3.63, 3.8) is 0 Å². The minimum atomic E-state index is 0.372. The summed E-state index contributed by atoms with van der Waals surface area (Å²) in [6.07, 6.45) is 0. The lowest BCUT2D eigenvalue weighted by Gasteiger charge is -2.14. The molecule has 9 heavy (non-hydrogen) atoms. The molecule has 1 heteroatoms. The van der Waals surface area contributed by atoms with Crippen molar-refractivity contribution in [1.29, 1.82) is 0 Å². The van der Waals surface area contributed by atoms with Crippen LogP contribution in [0.5, 0.6) is 0 Å². The van der Waals surface area contributed by atoms with Gasteiger partial charge in [-0.2, -0.15) is 0 Å². The molecule has 0 saturated heterocycles. The summed E-state index contributed by atoms with van der Waals surface area (Å²) in [4.78, 5) is 0. The standard InChI is InChI=1S/C8H16S/c1-7(2)6-9-8(3,4)5/h6H,1-5H3. The fourth-order valence-electron chi connectivity index (χ4n) is 0.295. The summed E-state index contributed by atoms with van der Waals surface area (Å²) < 4.78 is 0.372. The minimum Gasteiger partial charge on any atom is -0.128 e. The number of hydrogen-bond donors (Lipinski definition) is 0. The first-order valence-electron chi connectivity index (χ1n) is 3.23. The van der Waals surface area contributed by atoms with Crippen LogP contribution in [-0.4, -0.2) is 4.75 Å². The van der Waals surface area contributed by atoms with E-state index in [1.807, 2.05) is 11.8 Å². The Bertz CT molecular complexity index is 102. The van der Waals surface area contributed by atoms with E-state index in [9.17, 15) is 0 Å². The Kier molecular flexibility index (Phi) is 3.34. The quantitative estimate of drug-likeness (QED) is 0.543. The first-order chi connectivity index (χ1) is 3.92. The highest BCUT2D eigenvalue weighted by Gasteiger charge is 2.06. The van der Waals surface area contributed by atoms with Gasteiger partial charge in [0.05, 0.1) is 0 Å². The Hall–Kier alpha value is 0.0900. The second-order valence-electron chi connectivity index (χ2n) is 3.43. The third-order valence-electron chi connectivity index (χ3n) is 0.648. The highest BCUT2D eigenvalue weighted by atomic mass is 32.2. The van der Waals surface area contributed by atoms with E-state index in [0.29, 0.717) is 4.75 Å². The van der Waals surface area contributed by atoms with Gasteiger partial charge in [-0.05, 0) is 19.3 Å². The number of thioether (sulfide) groups is 1. The van der Waals surface area contributed by atoms with Gasteiger partial charge in [0, 0.05) is 4.75 Å². The average Bonchev–Trinajstić information content (AvgIpc) is 1.59. The maximum absolute atomic E-state index is 2.22. The summed E-state index contributed by atoms with van der Waals surface area (Å²) in [5.74, 6) is 0. The van der Waals surface area contributed by atoms with Crippen LogP contribution in [0.2, 0.25) is 0 Å². The van der Waals surface area contributed by atoms with Crippen LogP contribution in [0.4, 0.5) is 0 Å². The second-order valence-corrected chi connectivity index (χ2v) is 5.12. The van der Waals surface area contributed by atoms with Crippen molar-refractivity contribution in [2.24, 2.45) is 0 Å². The molecule has 0 radical (unpaired) electrons. The van der Waals surface area contributed by atoms with Gasteiger partial charge in [-0.1, -0.05) is 26.3 Å². The highest BCUT2D eigenvalue weighted by Crippen LogP contribution is 2.24. The Morgan fingerprint density at radius 2 is 1.67 bits per heavy atom. The van der Waals surface area contributed by atoms with Gasteiger partial charge in [0.1, 0.15) is 0 Å². The zero-order valence-corrected chi connectivity index (χ0v) is 7.80. The van der Waals surface area contributed by atoms with Gasteiger partial charge in [-0.25, -0.2) is 0 Å². The predicted octanol–water partition coefficient (Wildman–Crippen LogP) is 3.44. The molecule has 0 aliphatic carbocycles. The summed E-state index contributed by atoms with van der Waals surface area (Å²) >= 11 is 1.88. The first-order valence-corrected chi connectivity index (χ1v) is 4.11. The lowest BCUT2D eigenvalue weighted by Crippen LogP contribution is -2.04. The molecule has 0 N–H and O–H groups in total. The molecule has 0 atom stereocenters. The van der Waals surface area contributed by atoms with Crippen LogP contribution in [0.1, 0.15) is 34.6 Å². The summed E-state index contributed by atoms with van der Waals surface area (Å²) in [5.41, 5.74) is 1.38. The fraction of sp³-hybridized carbons (Fsp3) is 0.750. The zero-order chi connectivity index (χ0) is 7.49. The maximum atomic E-state index is 2.22. The smallest absolute Gasteiger partial charge is 0.0116 e. The summed E-state index contributed by atoms with van der Waals surface area (Å²) in [5, 5.41) is 2.21. The number of rotatable bonds is 1. The van der Waals surface area contributed by atoms with Crippen molar-refractivity contribution in [2.45, 2.75) is 39.4 Å². The van der Waals surface area contributed by atoms with Crippen LogP contribution in [-0.2, 0) is 0 Å². The minimum absolute atomic E-state index is 0.372. The molecule has 0 aromatic rings. The molecule has 0 fully saturated rings. The van der Waals surface area contributed by atoms with E-state index in [-0.39, 0.29) is 0 Å². The topological polar surface area (TPSA) is 0 Å². The Balaban J connectivity index is 3.64. The predicted molar refractivity (Wildman–Crippen MR) is 46.8 cm³/mol. The molecule has 0 nitrogen and oxygen atoms in total. The number of allylic oxidation sites excluding steroid dienone is 1. The number of hydrogen-bond acceptors (Lipinski definition) is 1. The van der Waals surface area contributed by atoms with E-state index in [1.165, 1.54) is 5.57 Å². The van der Waals surface area contributed by atoms with Crippen LogP contribution < -0.4 is 0 Å². The van der Waals surface area contributed by atoms with Gasteiger partial charge in [0.2, 0.25) is 0 Å². The van der Waals surface area contributed by atoms with Crippen LogP contribution in [0.25, 0.3) is 0 Å². The van der Waals surface area contributed by atoms with Crippen LogP contribution >= 0.6 is 11.8 Å². The van der Waals surface area contributed by atoms with E-state index in [4.69, 9.17) is 0 Å². The zero-order valence-electron chi connectivity index (χ0n) is 6.99.